The molecule has 0 aliphatic heterocycles. The van der Waals surface area contributed by atoms with Crippen molar-refractivity contribution in [2.75, 3.05) is 5.32 Å². The van der Waals surface area contributed by atoms with E-state index in [2.05, 4.69) is 42.1 Å². The predicted molar refractivity (Wildman–Crippen MR) is 98.9 cm³/mol. The predicted octanol–water partition coefficient (Wildman–Crippen LogP) is 3.96. The van der Waals surface area contributed by atoms with Gasteiger partial charge in [-0.25, -0.2) is 4.79 Å². The zero-order chi connectivity index (χ0) is 17.8. The number of urea groups is 1. The van der Waals surface area contributed by atoms with E-state index in [0.717, 1.165) is 10.2 Å². The highest BCUT2D eigenvalue weighted by Gasteiger charge is 2.18. The van der Waals surface area contributed by atoms with Gasteiger partial charge in [0, 0.05) is 15.2 Å². The number of benzene rings is 2. The minimum atomic E-state index is -0.402. The van der Waals surface area contributed by atoms with Crippen LogP contribution in [0.15, 0.2) is 53.0 Å². The van der Waals surface area contributed by atoms with Crippen molar-refractivity contribution in [1.29, 1.82) is 0 Å². The Morgan fingerprint density at radius 2 is 2.00 bits per heavy atom. The summed E-state index contributed by atoms with van der Waals surface area (Å²) in [4.78, 5) is 12.2. The number of hydrogen-bond acceptors (Lipinski definition) is 4. The molecular weight excluding hydrogens is 408 g/mol. The van der Waals surface area contributed by atoms with Crippen molar-refractivity contribution >= 4 is 39.2 Å². The van der Waals surface area contributed by atoms with Crippen LogP contribution in [0, 0.1) is 0 Å². The normalized spacial score (nSPS) is 11.8. The van der Waals surface area contributed by atoms with E-state index < -0.39 is 6.04 Å². The highest BCUT2D eigenvalue weighted by molar-refractivity contribution is 9.10. The average Bonchev–Trinajstić information content (AvgIpc) is 3.07. The van der Waals surface area contributed by atoms with Gasteiger partial charge in [-0.2, -0.15) is 4.68 Å². The van der Waals surface area contributed by atoms with E-state index in [0.29, 0.717) is 16.5 Å². The van der Waals surface area contributed by atoms with Crippen LogP contribution in [0.3, 0.4) is 0 Å². The lowest BCUT2D eigenvalue weighted by atomic mass is 10.3. The number of carbonyl (C=O) groups excluding carboxylic acids is 1. The van der Waals surface area contributed by atoms with Crippen molar-refractivity contribution in [2.24, 2.45) is 0 Å². The van der Waals surface area contributed by atoms with Gasteiger partial charge in [-0.3, -0.25) is 0 Å². The average molecular weight is 422 g/mol. The quantitative estimate of drug-likeness (QED) is 0.668. The lowest BCUT2D eigenvalue weighted by Crippen LogP contribution is -2.32. The van der Waals surface area contributed by atoms with Crippen LogP contribution >= 0.6 is 27.5 Å². The number of tetrazole rings is 1. The van der Waals surface area contributed by atoms with Gasteiger partial charge in [-0.1, -0.05) is 33.6 Å². The van der Waals surface area contributed by atoms with Gasteiger partial charge in [0.2, 0.25) is 0 Å². The third-order valence-electron chi connectivity index (χ3n) is 3.38. The van der Waals surface area contributed by atoms with Crippen molar-refractivity contribution in [3.8, 4) is 5.69 Å². The first-order chi connectivity index (χ1) is 12.0. The summed E-state index contributed by atoms with van der Waals surface area (Å²) in [5.74, 6) is 0.518. The molecule has 0 aliphatic carbocycles. The van der Waals surface area contributed by atoms with Crippen LogP contribution in [0.5, 0.6) is 0 Å². The molecule has 0 radical (unpaired) electrons. The Morgan fingerprint density at radius 3 is 2.72 bits per heavy atom. The molecule has 1 heterocycles. The molecule has 128 valence electrons. The number of nitrogens with zero attached hydrogens (tertiary/aromatic N) is 4. The van der Waals surface area contributed by atoms with Gasteiger partial charge in [0.1, 0.15) is 0 Å². The summed E-state index contributed by atoms with van der Waals surface area (Å²) in [5.41, 5.74) is 1.43. The molecule has 0 aliphatic rings. The number of amides is 2. The Balaban J connectivity index is 1.71. The first-order valence-electron chi connectivity index (χ1n) is 7.40. The first-order valence-corrected chi connectivity index (χ1v) is 8.57. The number of aromatic nitrogens is 4. The Bertz CT molecular complexity index is 882. The molecule has 0 bridgehead atoms. The molecule has 1 aromatic heterocycles. The summed E-state index contributed by atoms with van der Waals surface area (Å²) < 4.78 is 2.49. The maximum atomic E-state index is 12.2. The van der Waals surface area contributed by atoms with Gasteiger partial charge in [0.25, 0.3) is 0 Å². The molecule has 25 heavy (non-hydrogen) atoms. The maximum Gasteiger partial charge on any atom is 0.319 e. The highest BCUT2D eigenvalue weighted by Crippen LogP contribution is 2.18. The topological polar surface area (TPSA) is 84.7 Å². The number of carbonyl (C=O) groups is 1. The first kappa shape index (κ1) is 17.4. The molecule has 0 saturated heterocycles. The van der Waals surface area contributed by atoms with E-state index in [9.17, 15) is 4.79 Å². The molecule has 1 unspecified atom stereocenters. The number of rotatable bonds is 4. The smallest absolute Gasteiger partial charge is 0.319 e. The van der Waals surface area contributed by atoms with E-state index in [-0.39, 0.29) is 6.03 Å². The molecule has 0 spiro atoms. The molecule has 0 fully saturated rings. The minimum absolute atomic E-state index is 0.362. The van der Waals surface area contributed by atoms with Crippen molar-refractivity contribution in [3.05, 3.63) is 63.9 Å². The van der Waals surface area contributed by atoms with Crippen LogP contribution < -0.4 is 10.6 Å². The molecule has 3 aromatic rings. The molecule has 7 nitrogen and oxygen atoms in total. The molecular formula is C16H14BrClN6O. The molecule has 9 heteroatoms. The lowest BCUT2D eigenvalue weighted by Gasteiger charge is -2.14. The van der Waals surface area contributed by atoms with Gasteiger partial charge < -0.3 is 10.6 Å². The SMILES string of the molecule is CC(NC(=O)Nc1ccc(Cl)cc1)c1nnnn1-c1cccc(Br)c1. The summed E-state index contributed by atoms with van der Waals surface area (Å²) in [7, 11) is 0. The van der Waals surface area contributed by atoms with Crippen LogP contribution in [-0.2, 0) is 0 Å². The second-order valence-electron chi connectivity index (χ2n) is 5.26. The summed E-state index contributed by atoms with van der Waals surface area (Å²) in [6.45, 7) is 1.81. The minimum Gasteiger partial charge on any atom is -0.328 e. The number of hydrogen-bond donors (Lipinski definition) is 2. The van der Waals surface area contributed by atoms with E-state index in [1.54, 1.807) is 28.9 Å². The van der Waals surface area contributed by atoms with Gasteiger partial charge >= 0.3 is 6.03 Å². The summed E-state index contributed by atoms with van der Waals surface area (Å²) in [6, 6.07) is 13.6. The van der Waals surface area contributed by atoms with Crippen molar-refractivity contribution in [1.82, 2.24) is 25.5 Å². The number of anilines is 1. The molecule has 2 amide bonds. The molecule has 0 saturated carbocycles. The van der Waals surface area contributed by atoms with Gasteiger partial charge in [-0.15, -0.1) is 5.10 Å². The van der Waals surface area contributed by atoms with Crippen LogP contribution in [0.4, 0.5) is 10.5 Å². The lowest BCUT2D eigenvalue weighted by molar-refractivity contribution is 0.248. The summed E-state index contributed by atoms with van der Waals surface area (Å²) in [5, 5.41) is 17.9. The third-order valence-corrected chi connectivity index (χ3v) is 4.13. The molecule has 2 N–H and O–H groups in total. The van der Waals surface area contributed by atoms with E-state index >= 15 is 0 Å². The Kier molecular flexibility index (Phi) is 5.30. The van der Waals surface area contributed by atoms with Gasteiger partial charge in [0.05, 0.1) is 11.7 Å². The van der Waals surface area contributed by atoms with E-state index in [1.165, 1.54) is 0 Å². The Labute approximate surface area is 157 Å². The van der Waals surface area contributed by atoms with Crippen LogP contribution in [0.1, 0.15) is 18.8 Å². The number of halogens is 2. The van der Waals surface area contributed by atoms with Crippen LogP contribution in [-0.4, -0.2) is 26.2 Å². The summed E-state index contributed by atoms with van der Waals surface area (Å²) >= 11 is 9.25. The van der Waals surface area contributed by atoms with Gasteiger partial charge in [0.15, 0.2) is 5.82 Å². The molecule has 3 rings (SSSR count). The highest BCUT2D eigenvalue weighted by atomic mass is 79.9. The summed E-state index contributed by atoms with van der Waals surface area (Å²) in [6.07, 6.45) is 0. The molecule has 2 aromatic carbocycles. The largest absolute Gasteiger partial charge is 0.328 e. The van der Waals surface area contributed by atoms with Gasteiger partial charge in [-0.05, 0) is 59.8 Å². The molecule has 1 atom stereocenters. The van der Waals surface area contributed by atoms with Crippen molar-refractivity contribution < 1.29 is 4.79 Å². The van der Waals surface area contributed by atoms with E-state index in [1.807, 2.05) is 31.2 Å². The van der Waals surface area contributed by atoms with Crippen LogP contribution in [0.25, 0.3) is 5.69 Å². The second kappa shape index (κ2) is 7.62. The van der Waals surface area contributed by atoms with E-state index in [4.69, 9.17) is 11.6 Å². The standard InChI is InChI=1S/C16H14BrClN6O/c1-10(19-16(25)20-13-7-5-12(18)6-8-13)15-21-22-23-24(15)14-4-2-3-11(17)9-14/h2-10H,1H3,(H2,19,20,25). The zero-order valence-electron chi connectivity index (χ0n) is 13.1. The fourth-order valence-electron chi connectivity index (χ4n) is 2.22. The van der Waals surface area contributed by atoms with Crippen molar-refractivity contribution in [3.63, 3.8) is 0 Å². The second-order valence-corrected chi connectivity index (χ2v) is 6.61. The van der Waals surface area contributed by atoms with Crippen LogP contribution in [0.2, 0.25) is 5.02 Å². The van der Waals surface area contributed by atoms with Crippen molar-refractivity contribution in [2.45, 2.75) is 13.0 Å². The monoisotopic (exact) mass is 420 g/mol. The fourth-order valence-corrected chi connectivity index (χ4v) is 2.73. The maximum absolute atomic E-state index is 12.2. The Hall–Kier alpha value is -2.45. The number of nitrogens with one attached hydrogen (secondary N) is 2. The fraction of sp³-hybridized carbons (Fsp3) is 0.125. The zero-order valence-corrected chi connectivity index (χ0v) is 15.5. The Morgan fingerprint density at radius 1 is 1.24 bits per heavy atom. The third kappa shape index (κ3) is 4.34.